The molecule has 0 aliphatic heterocycles. The first-order valence-corrected chi connectivity index (χ1v) is 9.11. The van der Waals surface area contributed by atoms with Crippen LogP contribution in [0, 0.1) is 0 Å². The van der Waals surface area contributed by atoms with E-state index in [1.807, 2.05) is 32.0 Å². The first kappa shape index (κ1) is 17.7. The molecule has 1 aromatic carbocycles. The number of thiazole rings is 1. The van der Waals surface area contributed by atoms with Gasteiger partial charge in [-0.15, -0.1) is 11.3 Å². The molecule has 3 atom stereocenters. The molecule has 0 aliphatic rings. The van der Waals surface area contributed by atoms with Crippen LogP contribution in [-0.2, 0) is 0 Å². The summed E-state index contributed by atoms with van der Waals surface area (Å²) in [4.78, 5) is 13.1. The smallest absolute Gasteiger partial charge is 0.130 e. The molecule has 0 bridgehead atoms. The minimum atomic E-state index is -1.00. The molecule has 0 spiro atoms. The zero-order valence-electron chi connectivity index (χ0n) is 14.4. The van der Waals surface area contributed by atoms with Crippen LogP contribution in [0.5, 0.6) is 0 Å². The lowest BCUT2D eigenvalue weighted by Crippen LogP contribution is -2.34. The fourth-order valence-corrected chi connectivity index (χ4v) is 3.24. The molecule has 0 saturated heterocycles. The highest BCUT2D eigenvalue weighted by Crippen LogP contribution is 2.27. The predicted molar refractivity (Wildman–Crippen MR) is 99.8 cm³/mol. The lowest BCUT2D eigenvalue weighted by molar-refractivity contribution is 0.0188. The second-order valence-electron chi connectivity index (χ2n) is 6.42. The average molecular weight is 358 g/mol. The van der Waals surface area contributed by atoms with Gasteiger partial charge in [-0.05, 0) is 25.1 Å². The Bertz CT molecular complexity index is 832. The largest absolute Gasteiger partial charge is 0.391 e. The standard InChI is InChI=1S/C18H22N4O2S/c1-10(2)18-19-7-12(8-20-18)16(17(24)11(3)23)22-13-4-5-15-14(6-13)21-9-25-15/h4-11,16-17,22-24H,1-3H3/t11-,16+,17+/m0/s1. The third-order valence-electron chi connectivity index (χ3n) is 4.06. The van der Waals surface area contributed by atoms with E-state index in [1.165, 1.54) is 0 Å². The van der Waals surface area contributed by atoms with Crippen molar-refractivity contribution in [2.24, 2.45) is 0 Å². The average Bonchev–Trinajstić information content (AvgIpc) is 3.06. The van der Waals surface area contributed by atoms with Crippen LogP contribution in [0.2, 0.25) is 0 Å². The van der Waals surface area contributed by atoms with Gasteiger partial charge >= 0.3 is 0 Å². The van der Waals surface area contributed by atoms with E-state index < -0.39 is 18.2 Å². The maximum Gasteiger partial charge on any atom is 0.130 e. The Hall–Kier alpha value is -2.09. The minimum Gasteiger partial charge on any atom is -0.391 e. The van der Waals surface area contributed by atoms with Crippen molar-refractivity contribution < 1.29 is 10.2 Å². The van der Waals surface area contributed by atoms with Crippen molar-refractivity contribution in [1.29, 1.82) is 0 Å². The zero-order valence-corrected chi connectivity index (χ0v) is 15.2. The van der Waals surface area contributed by atoms with Crippen LogP contribution < -0.4 is 5.32 Å². The van der Waals surface area contributed by atoms with E-state index in [2.05, 4.69) is 20.3 Å². The van der Waals surface area contributed by atoms with E-state index in [1.54, 1.807) is 36.2 Å². The monoisotopic (exact) mass is 358 g/mol. The Morgan fingerprint density at radius 2 is 1.76 bits per heavy atom. The molecule has 0 fully saturated rings. The summed E-state index contributed by atoms with van der Waals surface area (Å²) in [5.41, 5.74) is 4.23. The number of anilines is 1. The highest BCUT2D eigenvalue weighted by Gasteiger charge is 2.26. The lowest BCUT2D eigenvalue weighted by atomic mass is 10.00. The van der Waals surface area contributed by atoms with E-state index in [9.17, 15) is 10.2 Å². The molecule has 6 nitrogen and oxygen atoms in total. The van der Waals surface area contributed by atoms with Gasteiger partial charge in [-0.3, -0.25) is 0 Å². The van der Waals surface area contributed by atoms with Crippen LogP contribution in [0.3, 0.4) is 0 Å². The molecule has 0 unspecified atom stereocenters. The maximum absolute atomic E-state index is 10.5. The van der Waals surface area contributed by atoms with Crippen molar-refractivity contribution in [2.45, 2.75) is 44.9 Å². The van der Waals surface area contributed by atoms with E-state index >= 15 is 0 Å². The van der Waals surface area contributed by atoms with Gasteiger partial charge in [0.15, 0.2) is 0 Å². The van der Waals surface area contributed by atoms with Crippen LogP contribution in [-0.4, -0.2) is 37.4 Å². The molecule has 132 valence electrons. The first-order valence-electron chi connectivity index (χ1n) is 8.23. The van der Waals surface area contributed by atoms with Crippen molar-refractivity contribution in [2.75, 3.05) is 5.32 Å². The summed E-state index contributed by atoms with van der Waals surface area (Å²) in [7, 11) is 0. The number of hydrogen-bond acceptors (Lipinski definition) is 7. The van der Waals surface area contributed by atoms with Gasteiger partial charge < -0.3 is 15.5 Å². The topological polar surface area (TPSA) is 91.2 Å². The number of aliphatic hydroxyl groups is 2. The fraction of sp³-hybridized carbons (Fsp3) is 0.389. The second-order valence-corrected chi connectivity index (χ2v) is 7.30. The number of hydrogen-bond donors (Lipinski definition) is 3. The van der Waals surface area contributed by atoms with Crippen molar-refractivity contribution >= 4 is 27.2 Å². The summed E-state index contributed by atoms with van der Waals surface area (Å²) < 4.78 is 1.10. The van der Waals surface area contributed by atoms with Crippen molar-refractivity contribution in [3.8, 4) is 0 Å². The lowest BCUT2D eigenvalue weighted by Gasteiger charge is -2.27. The number of nitrogens with zero attached hydrogens (tertiary/aromatic N) is 3. The summed E-state index contributed by atoms with van der Waals surface area (Å²) >= 11 is 1.58. The van der Waals surface area contributed by atoms with Gasteiger partial charge in [0.25, 0.3) is 0 Å². The predicted octanol–water partition coefficient (Wildman–Crippen LogP) is 3.10. The molecule has 2 aromatic heterocycles. The number of aliphatic hydroxyl groups excluding tert-OH is 2. The van der Waals surface area contributed by atoms with Gasteiger partial charge in [0.1, 0.15) is 11.9 Å². The van der Waals surface area contributed by atoms with Crippen molar-refractivity contribution in [3.63, 3.8) is 0 Å². The highest BCUT2D eigenvalue weighted by atomic mass is 32.1. The summed E-state index contributed by atoms with van der Waals surface area (Å²) in [5.74, 6) is 0.979. The number of benzene rings is 1. The van der Waals surface area contributed by atoms with Crippen LogP contribution in [0.1, 0.15) is 44.1 Å². The summed E-state index contributed by atoms with van der Waals surface area (Å²) in [6.07, 6.45) is 1.50. The number of aromatic nitrogens is 3. The van der Waals surface area contributed by atoms with Crippen molar-refractivity contribution in [1.82, 2.24) is 15.0 Å². The van der Waals surface area contributed by atoms with E-state index in [4.69, 9.17) is 0 Å². The molecular formula is C18H22N4O2S. The Labute approximate surface area is 150 Å². The SMILES string of the molecule is CC(C)c1ncc([C@@H](Nc2ccc3scnc3c2)[C@H](O)[C@H](C)O)cn1. The molecule has 7 heteroatoms. The Kier molecular flexibility index (Phi) is 5.27. The molecule has 0 radical (unpaired) electrons. The van der Waals surface area contributed by atoms with Crippen LogP contribution in [0.25, 0.3) is 10.2 Å². The molecule has 0 aliphatic carbocycles. The Balaban J connectivity index is 1.91. The van der Waals surface area contributed by atoms with Crippen LogP contribution >= 0.6 is 11.3 Å². The quantitative estimate of drug-likeness (QED) is 0.627. The highest BCUT2D eigenvalue weighted by molar-refractivity contribution is 7.16. The Morgan fingerprint density at radius 3 is 2.40 bits per heavy atom. The normalized spacial score (nSPS) is 15.3. The van der Waals surface area contributed by atoms with Crippen molar-refractivity contribution in [3.05, 3.63) is 47.5 Å². The molecule has 3 N–H and O–H groups in total. The first-order chi connectivity index (χ1) is 12.0. The Morgan fingerprint density at radius 1 is 1.04 bits per heavy atom. The van der Waals surface area contributed by atoms with Gasteiger partial charge in [0.2, 0.25) is 0 Å². The fourth-order valence-electron chi connectivity index (χ4n) is 2.58. The second kappa shape index (κ2) is 7.43. The molecule has 3 rings (SSSR count). The molecule has 0 amide bonds. The third-order valence-corrected chi connectivity index (χ3v) is 4.87. The van der Waals surface area contributed by atoms with Gasteiger partial charge in [-0.25, -0.2) is 15.0 Å². The molecule has 3 aromatic rings. The molecule has 0 saturated carbocycles. The number of rotatable bonds is 6. The zero-order chi connectivity index (χ0) is 18.0. The van der Waals surface area contributed by atoms with Gasteiger partial charge in [0, 0.05) is 29.6 Å². The number of fused-ring (bicyclic) bond motifs is 1. The summed E-state index contributed by atoms with van der Waals surface area (Å²) in [6, 6.07) is 5.32. The van der Waals surface area contributed by atoms with Gasteiger partial charge in [-0.2, -0.15) is 0 Å². The van der Waals surface area contributed by atoms with Crippen LogP contribution in [0.4, 0.5) is 5.69 Å². The number of nitrogens with one attached hydrogen (secondary N) is 1. The maximum atomic E-state index is 10.5. The van der Waals surface area contributed by atoms with E-state index in [0.717, 1.165) is 27.3 Å². The molecular weight excluding hydrogens is 336 g/mol. The van der Waals surface area contributed by atoms with Gasteiger partial charge in [-0.1, -0.05) is 13.8 Å². The summed E-state index contributed by atoms with van der Waals surface area (Å²) in [6.45, 7) is 5.61. The van der Waals surface area contributed by atoms with Crippen LogP contribution in [0.15, 0.2) is 36.1 Å². The van der Waals surface area contributed by atoms with E-state index in [-0.39, 0.29) is 5.92 Å². The minimum absolute atomic E-state index is 0.231. The van der Waals surface area contributed by atoms with E-state index in [0.29, 0.717) is 0 Å². The summed E-state index contributed by atoms with van der Waals surface area (Å²) in [5, 5.41) is 23.6. The molecule has 25 heavy (non-hydrogen) atoms. The molecule has 2 heterocycles. The van der Waals surface area contributed by atoms with Gasteiger partial charge in [0.05, 0.1) is 27.9 Å². The third kappa shape index (κ3) is 3.95.